The summed E-state index contributed by atoms with van der Waals surface area (Å²) >= 11 is 6.07. The molecular formula is C11H18ClN3. The first kappa shape index (κ1) is 10.8. The number of halogens is 1. The van der Waals surface area contributed by atoms with Crippen molar-refractivity contribution < 1.29 is 0 Å². The molecule has 0 unspecified atom stereocenters. The molecule has 0 aliphatic heterocycles. The molecule has 2 rings (SSSR count). The predicted molar refractivity (Wildman–Crippen MR) is 63.4 cm³/mol. The van der Waals surface area contributed by atoms with Crippen molar-refractivity contribution in [2.75, 3.05) is 11.9 Å². The first-order chi connectivity index (χ1) is 7.27. The van der Waals surface area contributed by atoms with Crippen molar-refractivity contribution in [1.82, 2.24) is 10.2 Å². The van der Waals surface area contributed by atoms with Crippen LogP contribution in [0.3, 0.4) is 0 Å². The van der Waals surface area contributed by atoms with Crippen LogP contribution in [0.5, 0.6) is 0 Å². The van der Waals surface area contributed by atoms with Crippen molar-refractivity contribution in [2.24, 2.45) is 5.92 Å². The van der Waals surface area contributed by atoms with Gasteiger partial charge in [-0.25, -0.2) is 0 Å². The topological polar surface area (TPSA) is 40.7 Å². The van der Waals surface area contributed by atoms with Crippen LogP contribution >= 0.6 is 11.6 Å². The first-order valence-electron chi connectivity index (χ1n) is 5.71. The van der Waals surface area contributed by atoms with Crippen LogP contribution < -0.4 is 5.32 Å². The van der Waals surface area contributed by atoms with E-state index in [1.54, 1.807) is 0 Å². The van der Waals surface area contributed by atoms with Gasteiger partial charge in [-0.15, -0.1) is 0 Å². The highest BCUT2D eigenvalue weighted by molar-refractivity contribution is 6.33. The minimum absolute atomic E-state index is 0.728. The fraction of sp³-hybridized carbons (Fsp3) is 0.727. The number of H-pyrrole nitrogens is 1. The number of nitrogens with one attached hydrogen (secondary N) is 2. The van der Waals surface area contributed by atoms with Gasteiger partial charge in [0.1, 0.15) is 5.02 Å². The van der Waals surface area contributed by atoms with Crippen LogP contribution in [0, 0.1) is 12.8 Å². The van der Waals surface area contributed by atoms with Crippen LogP contribution in [0.1, 0.15) is 37.8 Å². The summed E-state index contributed by atoms with van der Waals surface area (Å²) in [5, 5.41) is 11.1. The molecule has 84 valence electrons. The third-order valence-corrected chi connectivity index (χ3v) is 3.62. The van der Waals surface area contributed by atoms with Gasteiger partial charge in [0, 0.05) is 6.54 Å². The second-order valence-corrected chi connectivity index (χ2v) is 4.77. The van der Waals surface area contributed by atoms with Crippen LogP contribution in [0.25, 0.3) is 0 Å². The van der Waals surface area contributed by atoms with E-state index < -0.39 is 0 Å². The van der Waals surface area contributed by atoms with Gasteiger partial charge in [-0.2, -0.15) is 5.10 Å². The van der Waals surface area contributed by atoms with E-state index >= 15 is 0 Å². The molecule has 15 heavy (non-hydrogen) atoms. The number of aromatic nitrogens is 2. The zero-order valence-electron chi connectivity index (χ0n) is 9.15. The van der Waals surface area contributed by atoms with Gasteiger partial charge in [-0.3, -0.25) is 5.10 Å². The molecule has 0 bridgehead atoms. The van der Waals surface area contributed by atoms with E-state index in [1.807, 2.05) is 6.92 Å². The first-order valence-corrected chi connectivity index (χ1v) is 6.09. The molecule has 0 spiro atoms. The summed E-state index contributed by atoms with van der Waals surface area (Å²) in [4.78, 5) is 0. The van der Waals surface area contributed by atoms with Gasteiger partial charge in [-0.1, -0.05) is 30.9 Å². The highest BCUT2D eigenvalue weighted by Gasteiger charge is 2.14. The summed E-state index contributed by atoms with van der Waals surface area (Å²) in [6.07, 6.45) is 6.83. The zero-order valence-corrected chi connectivity index (χ0v) is 9.90. The van der Waals surface area contributed by atoms with E-state index in [2.05, 4.69) is 15.5 Å². The molecule has 1 heterocycles. The van der Waals surface area contributed by atoms with Gasteiger partial charge >= 0.3 is 0 Å². The van der Waals surface area contributed by atoms with E-state index in [0.717, 1.165) is 29.0 Å². The Morgan fingerprint density at radius 1 is 1.40 bits per heavy atom. The number of aromatic amines is 1. The minimum atomic E-state index is 0.728. The summed E-state index contributed by atoms with van der Waals surface area (Å²) in [6, 6.07) is 0. The van der Waals surface area contributed by atoms with Crippen molar-refractivity contribution in [3.63, 3.8) is 0 Å². The molecule has 0 atom stereocenters. The Morgan fingerprint density at radius 3 is 2.73 bits per heavy atom. The fourth-order valence-corrected chi connectivity index (χ4v) is 2.32. The normalized spacial score (nSPS) is 18.0. The third kappa shape index (κ3) is 2.65. The van der Waals surface area contributed by atoms with E-state index in [-0.39, 0.29) is 0 Å². The average Bonchev–Trinajstić information content (AvgIpc) is 2.59. The van der Waals surface area contributed by atoms with Crippen LogP contribution in [0.4, 0.5) is 5.82 Å². The lowest BCUT2D eigenvalue weighted by atomic mass is 9.89. The van der Waals surface area contributed by atoms with E-state index in [1.165, 1.54) is 32.1 Å². The van der Waals surface area contributed by atoms with Crippen molar-refractivity contribution in [3.8, 4) is 0 Å². The van der Waals surface area contributed by atoms with E-state index in [9.17, 15) is 0 Å². The van der Waals surface area contributed by atoms with Crippen LogP contribution in [0.2, 0.25) is 5.02 Å². The third-order valence-electron chi connectivity index (χ3n) is 3.16. The smallest absolute Gasteiger partial charge is 0.166 e. The molecule has 1 aromatic rings. The molecule has 0 aromatic carbocycles. The number of hydrogen-bond donors (Lipinski definition) is 2. The fourth-order valence-electron chi connectivity index (χ4n) is 2.16. The molecule has 1 saturated carbocycles. The summed E-state index contributed by atoms with van der Waals surface area (Å²) in [6.45, 7) is 2.94. The maximum absolute atomic E-state index is 6.07. The lowest BCUT2D eigenvalue weighted by Crippen LogP contribution is -2.17. The van der Waals surface area contributed by atoms with Gasteiger partial charge in [0.2, 0.25) is 0 Å². The zero-order chi connectivity index (χ0) is 10.7. The Morgan fingerprint density at radius 2 is 2.13 bits per heavy atom. The molecule has 1 aromatic heterocycles. The molecular weight excluding hydrogens is 210 g/mol. The van der Waals surface area contributed by atoms with Crippen LogP contribution in [0.15, 0.2) is 0 Å². The van der Waals surface area contributed by atoms with Crippen molar-refractivity contribution in [3.05, 3.63) is 10.7 Å². The summed E-state index contributed by atoms with van der Waals surface area (Å²) < 4.78 is 0. The molecule has 1 fully saturated rings. The predicted octanol–water partition coefficient (Wildman–Crippen LogP) is 3.36. The molecule has 3 nitrogen and oxygen atoms in total. The average molecular weight is 228 g/mol. The van der Waals surface area contributed by atoms with Gasteiger partial charge < -0.3 is 5.32 Å². The van der Waals surface area contributed by atoms with Crippen molar-refractivity contribution in [1.29, 1.82) is 0 Å². The standard InChI is InChI=1S/C11H18ClN3/c1-8-10(12)11(15-14-8)13-7-9-5-3-2-4-6-9/h9H,2-7H2,1H3,(H2,13,14,15). The van der Waals surface area contributed by atoms with Gasteiger partial charge in [-0.05, 0) is 25.7 Å². The number of rotatable bonds is 3. The minimum Gasteiger partial charge on any atom is -0.367 e. The largest absolute Gasteiger partial charge is 0.367 e. The molecule has 4 heteroatoms. The molecule has 0 amide bonds. The highest BCUT2D eigenvalue weighted by Crippen LogP contribution is 2.26. The Kier molecular flexibility index (Phi) is 3.52. The lowest BCUT2D eigenvalue weighted by Gasteiger charge is -2.21. The van der Waals surface area contributed by atoms with Gasteiger partial charge in [0.25, 0.3) is 0 Å². The monoisotopic (exact) mass is 227 g/mol. The lowest BCUT2D eigenvalue weighted by molar-refractivity contribution is 0.373. The van der Waals surface area contributed by atoms with Gasteiger partial charge in [0.05, 0.1) is 5.69 Å². The number of nitrogens with zero attached hydrogens (tertiary/aromatic N) is 1. The summed E-state index contributed by atoms with van der Waals surface area (Å²) in [5.41, 5.74) is 0.933. The quantitative estimate of drug-likeness (QED) is 0.832. The van der Waals surface area contributed by atoms with Crippen LogP contribution in [-0.2, 0) is 0 Å². The molecule has 1 aliphatic carbocycles. The van der Waals surface area contributed by atoms with Gasteiger partial charge in [0.15, 0.2) is 5.82 Å². The summed E-state index contributed by atoms with van der Waals surface area (Å²) in [5.74, 6) is 1.60. The number of aryl methyl sites for hydroxylation is 1. The Bertz CT molecular complexity index is 316. The molecule has 2 N–H and O–H groups in total. The van der Waals surface area contributed by atoms with E-state index in [4.69, 9.17) is 11.6 Å². The SMILES string of the molecule is Cc1[nH]nc(NCC2CCCCC2)c1Cl. The van der Waals surface area contributed by atoms with Crippen molar-refractivity contribution in [2.45, 2.75) is 39.0 Å². The second kappa shape index (κ2) is 4.88. The van der Waals surface area contributed by atoms with Crippen molar-refractivity contribution >= 4 is 17.4 Å². The molecule has 0 radical (unpaired) electrons. The second-order valence-electron chi connectivity index (χ2n) is 4.40. The highest BCUT2D eigenvalue weighted by atomic mass is 35.5. The Balaban J connectivity index is 1.84. The Hall–Kier alpha value is -0.700. The van der Waals surface area contributed by atoms with Crippen LogP contribution in [-0.4, -0.2) is 16.7 Å². The molecule has 0 saturated heterocycles. The maximum Gasteiger partial charge on any atom is 0.166 e. The van der Waals surface area contributed by atoms with E-state index in [0.29, 0.717) is 0 Å². The summed E-state index contributed by atoms with van der Waals surface area (Å²) in [7, 11) is 0. The number of hydrogen-bond acceptors (Lipinski definition) is 2. The Labute approximate surface area is 95.6 Å². The molecule has 1 aliphatic rings. The maximum atomic E-state index is 6.07. The number of anilines is 1.